The van der Waals surface area contributed by atoms with Crippen LogP contribution in [0.25, 0.3) is 0 Å². The Bertz CT molecular complexity index is 489. The van der Waals surface area contributed by atoms with Crippen molar-refractivity contribution in [1.82, 2.24) is 9.21 Å². The Morgan fingerprint density at radius 2 is 1.95 bits per heavy atom. The van der Waals surface area contributed by atoms with Gasteiger partial charge in [0.1, 0.15) is 12.6 Å². The van der Waals surface area contributed by atoms with Crippen molar-refractivity contribution in [2.45, 2.75) is 39.2 Å². The highest BCUT2D eigenvalue weighted by molar-refractivity contribution is 7.88. The average Bonchev–Trinajstić information content (AvgIpc) is 2.35. The predicted octanol–water partition coefficient (Wildman–Crippen LogP) is 0.370. The number of carboxylic acids is 1. The summed E-state index contributed by atoms with van der Waals surface area (Å²) in [6, 6.07) is -0.771. The third kappa shape index (κ3) is 5.28. The Morgan fingerprint density at radius 1 is 1.33 bits per heavy atom. The highest BCUT2D eigenvalue weighted by atomic mass is 32.2. The van der Waals surface area contributed by atoms with Crippen LogP contribution < -0.4 is 0 Å². The van der Waals surface area contributed by atoms with Gasteiger partial charge in [0.25, 0.3) is 0 Å². The first-order valence-corrected chi connectivity index (χ1v) is 8.95. The van der Waals surface area contributed by atoms with Gasteiger partial charge in [-0.1, -0.05) is 20.3 Å². The van der Waals surface area contributed by atoms with E-state index in [-0.39, 0.29) is 5.92 Å². The third-order valence-corrected chi connectivity index (χ3v) is 4.68. The molecule has 8 heteroatoms. The van der Waals surface area contributed by atoms with E-state index in [4.69, 9.17) is 5.11 Å². The molecule has 1 unspecified atom stereocenters. The topological polar surface area (TPSA) is 95.0 Å². The molecular weight excluding hydrogens is 296 g/mol. The van der Waals surface area contributed by atoms with Gasteiger partial charge in [0.15, 0.2) is 0 Å². The molecule has 1 amide bonds. The fourth-order valence-electron chi connectivity index (χ4n) is 2.60. The van der Waals surface area contributed by atoms with Gasteiger partial charge in [-0.3, -0.25) is 9.59 Å². The van der Waals surface area contributed by atoms with Crippen LogP contribution in [-0.4, -0.2) is 66.5 Å². The zero-order valence-electron chi connectivity index (χ0n) is 12.8. The number of amides is 1. The Hall–Kier alpha value is -1.15. The predicted molar refractivity (Wildman–Crippen MR) is 78.2 cm³/mol. The van der Waals surface area contributed by atoms with Gasteiger partial charge >= 0.3 is 5.97 Å². The van der Waals surface area contributed by atoms with Gasteiger partial charge in [0, 0.05) is 13.1 Å². The first-order valence-electron chi connectivity index (χ1n) is 7.10. The van der Waals surface area contributed by atoms with E-state index < -0.39 is 34.5 Å². The van der Waals surface area contributed by atoms with E-state index in [1.54, 1.807) is 0 Å². The van der Waals surface area contributed by atoms with Gasteiger partial charge in [0.2, 0.25) is 15.9 Å². The van der Waals surface area contributed by atoms with E-state index in [2.05, 4.69) is 0 Å². The molecule has 1 N–H and O–H groups in total. The lowest BCUT2D eigenvalue weighted by atomic mass is 10.0. The molecule has 1 rings (SSSR count). The molecule has 0 bridgehead atoms. The van der Waals surface area contributed by atoms with Gasteiger partial charge in [0.05, 0.1) is 6.26 Å². The van der Waals surface area contributed by atoms with Crippen LogP contribution in [0.3, 0.4) is 0 Å². The van der Waals surface area contributed by atoms with Crippen molar-refractivity contribution in [2.24, 2.45) is 5.92 Å². The molecule has 0 aliphatic carbocycles. The van der Waals surface area contributed by atoms with E-state index in [1.807, 2.05) is 13.8 Å². The van der Waals surface area contributed by atoms with Gasteiger partial charge < -0.3 is 10.0 Å². The molecule has 1 heterocycles. The fraction of sp³-hybridized carbons (Fsp3) is 0.846. The molecule has 0 radical (unpaired) electrons. The number of aliphatic carboxylic acids is 1. The maximum absolute atomic E-state index is 12.6. The summed E-state index contributed by atoms with van der Waals surface area (Å²) in [4.78, 5) is 24.8. The number of rotatable bonds is 6. The largest absolute Gasteiger partial charge is 0.480 e. The maximum Gasteiger partial charge on any atom is 0.323 e. The van der Waals surface area contributed by atoms with Gasteiger partial charge in [-0.15, -0.1) is 0 Å². The van der Waals surface area contributed by atoms with Gasteiger partial charge in [-0.25, -0.2) is 8.42 Å². The Labute approximate surface area is 126 Å². The first-order chi connectivity index (χ1) is 9.62. The number of carboxylic acid groups (broad SMARTS) is 1. The van der Waals surface area contributed by atoms with E-state index in [1.165, 1.54) is 9.21 Å². The number of carbonyl (C=O) groups excluding carboxylic acids is 1. The summed E-state index contributed by atoms with van der Waals surface area (Å²) in [5.41, 5.74) is 0. The molecule has 1 aliphatic rings. The molecule has 1 aliphatic heterocycles. The normalized spacial score (nSPS) is 20.5. The van der Waals surface area contributed by atoms with Crippen LogP contribution in [0.15, 0.2) is 0 Å². The second-order valence-corrected chi connectivity index (χ2v) is 7.83. The van der Waals surface area contributed by atoms with Crippen LogP contribution in [0.4, 0.5) is 0 Å². The van der Waals surface area contributed by atoms with Crippen LogP contribution in [-0.2, 0) is 19.6 Å². The summed E-state index contributed by atoms with van der Waals surface area (Å²) in [5.74, 6) is -1.38. The van der Waals surface area contributed by atoms with Crippen LogP contribution in [0.2, 0.25) is 0 Å². The van der Waals surface area contributed by atoms with Crippen LogP contribution in [0, 0.1) is 5.92 Å². The molecule has 7 nitrogen and oxygen atoms in total. The van der Waals surface area contributed by atoms with E-state index >= 15 is 0 Å². The van der Waals surface area contributed by atoms with Crippen molar-refractivity contribution in [2.75, 3.05) is 25.9 Å². The number of piperidine rings is 1. The van der Waals surface area contributed by atoms with E-state index in [9.17, 15) is 18.0 Å². The van der Waals surface area contributed by atoms with Crippen LogP contribution in [0.5, 0.6) is 0 Å². The van der Waals surface area contributed by atoms with Crippen molar-refractivity contribution in [3.05, 3.63) is 0 Å². The number of hydrogen-bond donors (Lipinski definition) is 1. The number of nitrogens with zero attached hydrogens (tertiary/aromatic N) is 2. The van der Waals surface area contributed by atoms with Crippen molar-refractivity contribution >= 4 is 21.9 Å². The van der Waals surface area contributed by atoms with Gasteiger partial charge in [-0.05, 0) is 18.8 Å². The summed E-state index contributed by atoms with van der Waals surface area (Å²) in [6.45, 7) is 4.00. The molecule has 0 aromatic rings. The summed E-state index contributed by atoms with van der Waals surface area (Å²) in [7, 11) is -3.47. The second-order valence-electron chi connectivity index (χ2n) is 5.89. The zero-order valence-corrected chi connectivity index (χ0v) is 13.6. The van der Waals surface area contributed by atoms with Crippen molar-refractivity contribution in [3.8, 4) is 0 Å². The SMILES string of the molecule is CC(C)CN(CC(=O)O)C(=O)C1CCCCN1S(C)(=O)=O. The van der Waals surface area contributed by atoms with Crippen molar-refractivity contribution in [3.63, 3.8) is 0 Å². The smallest absolute Gasteiger partial charge is 0.323 e. The maximum atomic E-state index is 12.6. The fourth-order valence-corrected chi connectivity index (χ4v) is 3.71. The minimum atomic E-state index is -3.47. The summed E-state index contributed by atoms with van der Waals surface area (Å²) in [5, 5.41) is 8.94. The molecule has 0 saturated carbocycles. The van der Waals surface area contributed by atoms with Crippen molar-refractivity contribution in [1.29, 1.82) is 0 Å². The number of sulfonamides is 1. The monoisotopic (exact) mass is 320 g/mol. The van der Waals surface area contributed by atoms with Crippen LogP contribution >= 0.6 is 0 Å². The standard InChI is InChI=1S/C13H24N2O5S/c1-10(2)8-14(9-12(16)17)13(18)11-6-4-5-7-15(11)21(3,19)20/h10-11H,4-9H2,1-3H3,(H,16,17). The summed E-state index contributed by atoms with van der Waals surface area (Å²) in [6.07, 6.45) is 3.02. The van der Waals surface area contributed by atoms with Crippen LogP contribution in [0.1, 0.15) is 33.1 Å². The average molecular weight is 320 g/mol. The molecule has 0 aromatic heterocycles. The Kier molecular flexibility index (Phi) is 6.15. The Balaban J connectivity index is 2.96. The van der Waals surface area contributed by atoms with Crippen molar-refractivity contribution < 1.29 is 23.1 Å². The first kappa shape index (κ1) is 17.9. The Morgan fingerprint density at radius 3 is 2.43 bits per heavy atom. The van der Waals surface area contributed by atoms with Gasteiger partial charge in [-0.2, -0.15) is 4.31 Å². The van der Waals surface area contributed by atoms with E-state index in [0.29, 0.717) is 19.5 Å². The quantitative estimate of drug-likeness (QED) is 0.763. The molecule has 21 heavy (non-hydrogen) atoms. The molecule has 1 saturated heterocycles. The lowest BCUT2D eigenvalue weighted by molar-refractivity contribution is -0.147. The highest BCUT2D eigenvalue weighted by Gasteiger charge is 2.37. The minimum Gasteiger partial charge on any atom is -0.480 e. The zero-order chi connectivity index (χ0) is 16.2. The molecule has 1 fully saturated rings. The summed E-state index contributed by atoms with van der Waals surface area (Å²) < 4.78 is 24.8. The lowest BCUT2D eigenvalue weighted by Crippen LogP contribution is -2.54. The highest BCUT2D eigenvalue weighted by Crippen LogP contribution is 2.22. The molecule has 1 atom stereocenters. The molecule has 0 spiro atoms. The molecule has 0 aromatic carbocycles. The second kappa shape index (κ2) is 7.22. The number of carbonyl (C=O) groups is 2. The third-order valence-electron chi connectivity index (χ3n) is 3.39. The summed E-state index contributed by atoms with van der Waals surface area (Å²) >= 11 is 0. The molecule has 122 valence electrons. The molecular formula is C13H24N2O5S. The van der Waals surface area contributed by atoms with E-state index in [0.717, 1.165) is 19.1 Å². The lowest BCUT2D eigenvalue weighted by Gasteiger charge is -2.36. The minimum absolute atomic E-state index is 0.114. The number of hydrogen-bond acceptors (Lipinski definition) is 4.